The highest BCUT2D eigenvalue weighted by molar-refractivity contribution is 6.02. The van der Waals surface area contributed by atoms with Crippen LogP contribution in [-0.2, 0) is 0 Å². The van der Waals surface area contributed by atoms with Gasteiger partial charge in [0, 0.05) is 11.5 Å². The Morgan fingerprint density at radius 2 is 2.05 bits per heavy atom. The lowest BCUT2D eigenvalue weighted by Crippen LogP contribution is -2.27. The summed E-state index contributed by atoms with van der Waals surface area (Å²) in [5, 5.41) is 9.74. The van der Waals surface area contributed by atoms with Gasteiger partial charge < -0.3 is 9.84 Å². The zero-order valence-corrected chi connectivity index (χ0v) is 11.3. The molecule has 1 heterocycles. The molecule has 0 aliphatic rings. The van der Waals surface area contributed by atoms with Gasteiger partial charge in [0.05, 0.1) is 11.1 Å². The van der Waals surface area contributed by atoms with E-state index >= 15 is 0 Å². The van der Waals surface area contributed by atoms with E-state index in [1.807, 2.05) is 20.8 Å². The highest BCUT2D eigenvalue weighted by Gasteiger charge is 2.18. The zero-order valence-electron chi connectivity index (χ0n) is 11.3. The van der Waals surface area contributed by atoms with Gasteiger partial charge in [-0.1, -0.05) is 13.0 Å². The van der Waals surface area contributed by atoms with Crippen molar-refractivity contribution in [3.8, 4) is 5.88 Å². The smallest absolute Gasteiger partial charge is 0.336 e. The number of carboxylic acid groups (broad SMARTS) is 1. The predicted molar refractivity (Wildman–Crippen MR) is 73.7 cm³/mol. The molecule has 19 heavy (non-hydrogen) atoms. The summed E-state index contributed by atoms with van der Waals surface area (Å²) >= 11 is 0. The number of hydrogen-bond acceptors (Lipinski definition) is 3. The van der Waals surface area contributed by atoms with Gasteiger partial charge in [-0.2, -0.15) is 0 Å². The van der Waals surface area contributed by atoms with Gasteiger partial charge in [-0.05, 0) is 38.5 Å². The molecule has 0 amide bonds. The molecule has 1 aromatic heterocycles. The molecule has 0 unspecified atom stereocenters. The summed E-state index contributed by atoms with van der Waals surface area (Å²) < 4.78 is 5.80. The van der Waals surface area contributed by atoms with Crippen molar-refractivity contribution < 1.29 is 14.6 Å². The fourth-order valence-electron chi connectivity index (χ4n) is 1.73. The second-order valence-electron chi connectivity index (χ2n) is 5.04. The number of rotatable bonds is 4. The maximum absolute atomic E-state index is 11.1. The highest BCUT2D eigenvalue weighted by Crippen LogP contribution is 2.24. The van der Waals surface area contributed by atoms with Gasteiger partial charge in [0.15, 0.2) is 0 Å². The maximum atomic E-state index is 11.1. The van der Waals surface area contributed by atoms with Crippen molar-refractivity contribution in [2.75, 3.05) is 0 Å². The number of benzene rings is 1. The molecule has 2 aromatic rings. The third-order valence-corrected chi connectivity index (χ3v) is 3.17. The normalized spacial score (nSPS) is 11.5. The zero-order chi connectivity index (χ0) is 14.0. The quantitative estimate of drug-likeness (QED) is 0.912. The molecule has 0 fully saturated rings. The number of nitrogens with zero attached hydrogens (tertiary/aromatic N) is 1. The topological polar surface area (TPSA) is 59.4 Å². The van der Waals surface area contributed by atoms with Gasteiger partial charge in [-0.25, -0.2) is 9.78 Å². The largest absolute Gasteiger partial charge is 0.478 e. The Balaban J connectivity index is 2.45. The first-order valence-corrected chi connectivity index (χ1v) is 6.25. The highest BCUT2D eigenvalue weighted by atomic mass is 16.5. The molecule has 0 spiro atoms. The first-order chi connectivity index (χ1) is 8.93. The van der Waals surface area contributed by atoms with Crippen molar-refractivity contribution >= 4 is 16.9 Å². The Morgan fingerprint density at radius 1 is 1.32 bits per heavy atom. The predicted octanol–water partition coefficient (Wildman–Crippen LogP) is 3.50. The number of pyridine rings is 1. The summed E-state index contributed by atoms with van der Waals surface area (Å²) in [7, 11) is 0. The van der Waals surface area contributed by atoms with E-state index in [9.17, 15) is 4.79 Å². The first kappa shape index (κ1) is 13.3. The van der Waals surface area contributed by atoms with Crippen LogP contribution in [0.15, 0.2) is 30.3 Å². The summed E-state index contributed by atoms with van der Waals surface area (Å²) in [5.41, 5.74) is 0.598. The second kappa shape index (κ2) is 4.88. The van der Waals surface area contributed by atoms with Crippen LogP contribution < -0.4 is 4.74 Å². The molecule has 100 valence electrons. The average Bonchev–Trinajstić information content (AvgIpc) is 2.37. The Bertz CT molecular complexity index is 620. The van der Waals surface area contributed by atoms with Crippen LogP contribution in [0.4, 0.5) is 0 Å². The van der Waals surface area contributed by atoms with Gasteiger partial charge >= 0.3 is 5.97 Å². The van der Waals surface area contributed by atoms with E-state index in [4.69, 9.17) is 9.84 Å². The number of hydrogen-bond donors (Lipinski definition) is 1. The molecule has 0 atom stereocenters. The molecule has 0 saturated carbocycles. The summed E-state index contributed by atoms with van der Waals surface area (Å²) in [5.74, 6) is -0.433. The third-order valence-electron chi connectivity index (χ3n) is 3.17. The van der Waals surface area contributed by atoms with E-state index in [1.165, 1.54) is 0 Å². The second-order valence-corrected chi connectivity index (χ2v) is 5.04. The lowest BCUT2D eigenvalue weighted by atomic mass is 10.1. The summed E-state index contributed by atoms with van der Waals surface area (Å²) in [6.07, 6.45) is 0.863. The molecule has 0 bridgehead atoms. The van der Waals surface area contributed by atoms with Crippen LogP contribution in [0.2, 0.25) is 0 Å². The van der Waals surface area contributed by atoms with Gasteiger partial charge in [0.1, 0.15) is 5.60 Å². The van der Waals surface area contributed by atoms with Crippen molar-refractivity contribution in [1.82, 2.24) is 4.98 Å². The first-order valence-electron chi connectivity index (χ1n) is 6.25. The Kier molecular flexibility index (Phi) is 3.42. The van der Waals surface area contributed by atoms with Gasteiger partial charge in [-0.15, -0.1) is 0 Å². The van der Waals surface area contributed by atoms with Crippen LogP contribution in [0.5, 0.6) is 5.88 Å². The van der Waals surface area contributed by atoms with Crippen molar-refractivity contribution in [3.05, 3.63) is 35.9 Å². The minimum atomic E-state index is -0.949. The number of carbonyl (C=O) groups is 1. The van der Waals surface area contributed by atoms with Crippen LogP contribution >= 0.6 is 0 Å². The number of aromatic carboxylic acids is 1. The number of carboxylic acids is 1. The molecule has 1 N–H and O–H groups in total. The molecule has 4 nitrogen and oxygen atoms in total. The Labute approximate surface area is 112 Å². The molecular weight excluding hydrogens is 242 g/mol. The molecule has 0 aliphatic heterocycles. The van der Waals surface area contributed by atoms with Crippen LogP contribution in [0.3, 0.4) is 0 Å². The van der Waals surface area contributed by atoms with Crippen molar-refractivity contribution in [2.45, 2.75) is 32.8 Å². The monoisotopic (exact) mass is 259 g/mol. The van der Waals surface area contributed by atoms with Crippen molar-refractivity contribution in [2.24, 2.45) is 0 Å². The minimum Gasteiger partial charge on any atom is -0.478 e. The van der Waals surface area contributed by atoms with E-state index in [-0.39, 0.29) is 11.2 Å². The van der Waals surface area contributed by atoms with Crippen LogP contribution in [-0.4, -0.2) is 21.7 Å². The van der Waals surface area contributed by atoms with Gasteiger partial charge in [0.2, 0.25) is 5.88 Å². The van der Waals surface area contributed by atoms with Crippen LogP contribution in [0.25, 0.3) is 10.9 Å². The van der Waals surface area contributed by atoms with E-state index in [1.54, 1.807) is 30.3 Å². The average molecular weight is 259 g/mol. The summed E-state index contributed by atoms with van der Waals surface area (Å²) in [6, 6.07) is 8.50. The van der Waals surface area contributed by atoms with E-state index in [0.29, 0.717) is 16.8 Å². The van der Waals surface area contributed by atoms with Crippen molar-refractivity contribution in [3.63, 3.8) is 0 Å². The molecule has 0 aliphatic carbocycles. The van der Waals surface area contributed by atoms with Gasteiger partial charge in [-0.3, -0.25) is 0 Å². The van der Waals surface area contributed by atoms with Crippen LogP contribution in [0.1, 0.15) is 37.6 Å². The Hall–Kier alpha value is -2.10. The van der Waals surface area contributed by atoms with Gasteiger partial charge in [0.25, 0.3) is 0 Å². The lowest BCUT2D eigenvalue weighted by Gasteiger charge is -2.24. The molecule has 2 rings (SSSR count). The third kappa shape index (κ3) is 2.84. The van der Waals surface area contributed by atoms with E-state index in [0.717, 1.165) is 6.42 Å². The molecule has 4 heteroatoms. The van der Waals surface area contributed by atoms with Crippen molar-refractivity contribution in [1.29, 1.82) is 0 Å². The molecule has 1 aromatic carbocycles. The SMILES string of the molecule is CCC(C)(C)Oc1ccc2c(C(=O)O)cccc2n1. The maximum Gasteiger partial charge on any atom is 0.336 e. The fourth-order valence-corrected chi connectivity index (χ4v) is 1.73. The molecule has 0 radical (unpaired) electrons. The van der Waals surface area contributed by atoms with E-state index < -0.39 is 5.97 Å². The van der Waals surface area contributed by atoms with E-state index in [2.05, 4.69) is 4.98 Å². The van der Waals surface area contributed by atoms with Crippen LogP contribution in [0, 0.1) is 0 Å². The Morgan fingerprint density at radius 3 is 2.68 bits per heavy atom. The summed E-state index contributed by atoms with van der Waals surface area (Å²) in [4.78, 5) is 15.5. The number of ether oxygens (including phenoxy) is 1. The number of aromatic nitrogens is 1. The minimum absolute atomic E-state index is 0.256. The molecular formula is C15H17NO3. The fraction of sp³-hybridized carbons (Fsp3) is 0.333. The summed E-state index contributed by atoms with van der Waals surface area (Å²) in [6.45, 7) is 6.03. The number of fused-ring (bicyclic) bond motifs is 1. The molecule has 0 saturated heterocycles. The lowest BCUT2D eigenvalue weighted by molar-refractivity contribution is 0.0698. The standard InChI is InChI=1S/C15H17NO3/c1-4-15(2,3)19-13-9-8-10-11(14(17)18)6-5-7-12(10)16-13/h5-9H,4H2,1-3H3,(H,17,18).